The minimum Gasteiger partial charge on any atom is -0.454 e. The number of imide groups is 1. The third kappa shape index (κ3) is 3.51. The number of ether oxygens (including phenoxy) is 1. The molecular formula is C19H20N2O5. The summed E-state index contributed by atoms with van der Waals surface area (Å²) in [6.07, 6.45) is 4.78. The zero-order valence-electron chi connectivity index (χ0n) is 14.4. The second-order valence-corrected chi connectivity index (χ2v) is 6.40. The number of fused-ring (bicyclic) bond motifs is 1. The highest BCUT2D eigenvalue weighted by Crippen LogP contribution is 2.36. The number of likely N-dealkylation sites (tertiary alicyclic amines) is 1. The molecule has 26 heavy (non-hydrogen) atoms. The lowest BCUT2D eigenvalue weighted by atomic mass is 9.85. The van der Waals surface area contributed by atoms with E-state index in [9.17, 15) is 19.2 Å². The van der Waals surface area contributed by atoms with Crippen molar-refractivity contribution in [3.8, 4) is 0 Å². The lowest BCUT2D eigenvalue weighted by Gasteiger charge is -2.21. The molecule has 0 unspecified atom stereocenters. The highest BCUT2D eigenvalue weighted by atomic mass is 16.5. The number of hydrogen-bond acceptors (Lipinski definition) is 5. The maximum absolute atomic E-state index is 12.5. The SMILES string of the molecule is C[C@@H](C(=O)OCC(=O)Nc1ccccc1)N1C(=O)[C@@H]2CC=CC[C@H]2C1=O. The maximum atomic E-state index is 12.5. The fourth-order valence-corrected chi connectivity index (χ4v) is 3.29. The van der Waals surface area contributed by atoms with Gasteiger partial charge in [0.05, 0.1) is 11.8 Å². The number of allylic oxidation sites excluding steroid dienone is 2. The first kappa shape index (κ1) is 17.8. The fourth-order valence-electron chi connectivity index (χ4n) is 3.29. The summed E-state index contributed by atoms with van der Waals surface area (Å²) in [4.78, 5) is 50.0. The molecule has 0 bridgehead atoms. The Hall–Kier alpha value is -2.96. The number of carbonyl (C=O) groups is 4. The van der Waals surface area contributed by atoms with Gasteiger partial charge in [0.15, 0.2) is 6.61 Å². The molecule has 1 aliphatic heterocycles. The molecule has 1 aliphatic carbocycles. The second kappa shape index (κ2) is 7.51. The van der Waals surface area contributed by atoms with E-state index >= 15 is 0 Å². The number of hydrogen-bond donors (Lipinski definition) is 1. The normalized spacial score (nSPS) is 22.7. The van der Waals surface area contributed by atoms with Crippen molar-refractivity contribution in [3.63, 3.8) is 0 Å². The summed E-state index contributed by atoms with van der Waals surface area (Å²) in [6.45, 7) is 0.959. The number of anilines is 1. The number of nitrogens with one attached hydrogen (secondary N) is 1. The number of rotatable bonds is 5. The van der Waals surface area contributed by atoms with Crippen LogP contribution in [0.5, 0.6) is 0 Å². The summed E-state index contributed by atoms with van der Waals surface area (Å²) in [5.41, 5.74) is 0.586. The summed E-state index contributed by atoms with van der Waals surface area (Å²) in [7, 11) is 0. The molecule has 0 radical (unpaired) electrons. The lowest BCUT2D eigenvalue weighted by molar-refractivity contribution is -0.159. The van der Waals surface area contributed by atoms with E-state index in [0.717, 1.165) is 4.90 Å². The van der Waals surface area contributed by atoms with Gasteiger partial charge in [-0.25, -0.2) is 4.79 Å². The van der Waals surface area contributed by atoms with Crippen molar-refractivity contribution in [2.45, 2.75) is 25.8 Å². The predicted molar refractivity (Wildman–Crippen MR) is 92.7 cm³/mol. The Kier molecular flexibility index (Phi) is 5.16. The minimum atomic E-state index is -1.05. The second-order valence-electron chi connectivity index (χ2n) is 6.40. The van der Waals surface area contributed by atoms with Gasteiger partial charge >= 0.3 is 5.97 Å². The van der Waals surface area contributed by atoms with Crippen molar-refractivity contribution < 1.29 is 23.9 Å². The minimum absolute atomic E-state index is 0.345. The highest BCUT2D eigenvalue weighted by molar-refractivity contribution is 6.08. The Bertz CT molecular complexity index is 732. The molecule has 1 fully saturated rings. The maximum Gasteiger partial charge on any atom is 0.329 e. The Balaban J connectivity index is 1.55. The number of esters is 1. The molecule has 0 saturated carbocycles. The van der Waals surface area contributed by atoms with E-state index in [1.165, 1.54) is 6.92 Å². The summed E-state index contributed by atoms with van der Waals surface area (Å²) in [5, 5.41) is 2.59. The fraction of sp³-hybridized carbons (Fsp3) is 0.368. The first-order valence-electron chi connectivity index (χ1n) is 8.52. The molecule has 3 atom stereocenters. The first-order chi connectivity index (χ1) is 12.5. The van der Waals surface area contributed by atoms with Crippen LogP contribution in [-0.2, 0) is 23.9 Å². The molecule has 1 aromatic rings. The summed E-state index contributed by atoms with van der Waals surface area (Å²) in [6, 6.07) is 7.71. The number of nitrogens with zero attached hydrogens (tertiary/aromatic N) is 1. The zero-order chi connectivity index (χ0) is 18.7. The number of para-hydroxylation sites is 1. The van der Waals surface area contributed by atoms with Crippen molar-refractivity contribution in [1.82, 2.24) is 4.90 Å². The van der Waals surface area contributed by atoms with Crippen LogP contribution >= 0.6 is 0 Å². The van der Waals surface area contributed by atoms with Crippen LogP contribution < -0.4 is 5.32 Å². The van der Waals surface area contributed by atoms with Crippen LogP contribution in [0.2, 0.25) is 0 Å². The first-order valence-corrected chi connectivity index (χ1v) is 8.52. The Morgan fingerprint density at radius 2 is 1.69 bits per heavy atom. The van der Waals surface area contributed by atoms with Gasteiger partial charge in [-0.15, -0.1) is 0 Å². The molecule has 0 spiro atoms. The van der Waals surface area contributed by atoms with Crippen LogP contribution in [0.4, 0.5) is 5.69 Å². The van der Waals surface area contributed by atoms with Gasteiger partial charge in [-0.3, -0.25) is 19.3 Å². The Labute approximate surface area is 151 Å². The van der Waals surface area contributed by atoms with E-state index in [-0.39, 0.29) is 11.8 Å². The molecule has 0 aromatic heterocycles. The van der Waals surface area contributed by atoms with Gasteiger partial charge in [-0.2, -0.15) is 0 Å². The average molecular weight is 356 g/mol. The van der Waals surface area contributed by atoms with Crippen molar-refractivity contribution in [2.24, 2.45) is 11.8 Å². The zero-order valence-corrected chi connectivity index (χ0v) is 14.4. The molecular weight excluding hydrogens is 336 g/mol. The molecule has 136 valence electrons. The lowest BCUT2D eigenvalue weighted by Crippen LogP contribution is -2.45. The average Bonchev–Trinajstić information content (AvgIpc) is 2.91. The predicted octanol–water partition coefficient (Wildman–Crippen LogP) is 1.51. The number of carbonyl (C=O) groups excluding carboxylic acids is 4. The molecule has 3 rings (SSSR count). The summed E-state index contributed by atoms with van der Waals surface area (Å²) < 4.78 is 4.99. The van der Waals surface area contributed by atoms with Crippen molar-refractivity contribution in [2.75, 3.05) is 11.9 Å². The van der Waals surface area contributed by atoms with E-state index < -0.39 is 36.4 Å². The summed E-state index contributed by atoms with van der Waals surface area (Å²) in [5.74, 6) is -2.76. The smallest absolute Gasteiger partial charge is 0.329 e. The van der Waals surface area contributed by atoms with E-state index in [4.69, 9.17) is 4.74 Å². The van der Waals surface area contributed by atoms with Gasteiger partial charge in [-0.05, 0) is 31.9 Å². The van der Waals surface area contributed by atoms with Crippen LogP contribution in [0.15, 0.2) is 42.5 Å². The van der Waals surface area contributed by atoms with Gasteiger partial charge < -0.3 is 10.1 Å². The Morgan fingerprint density at radius 1 is 1.12 bits per heavy atom. The quantitative estimate of drug-likeness (QED) is 0.490. The third-order valence-corrected chi connectivity index (χ3v) is 4.67. The molecule has 7 nitrogen and oxygen atoms in total. The van der Waals surface area contributed by atoms with Gasteiger partial charge in [0.2, 0.25) is 11.8 Å². The van der Waals surface area contributed by atoms with Crippen molar-refractivity contribution in [1.29, 1.82) is 0 Å². The van der Waals surface area contributed by atoms with E-state index in [2.05, 4.69) is 5.32 Å². The highest BCUT2D eigenvalue weighted by Gasteiger charge is 2.50. The molecule has 3 amide bonds. The van der Waals surface area contributed by atoms with E-state index in [1.54, 1.807) is 24.3 Å². The summed E-state index contributed by atoms with van der Waals surface area (Å²) >= 11 is 0. The van der Waals surface area contributed by atoms with Gasteiger partial charge in [0.1, 0.15) is 6.04 Å². The molecule has 2 aliphatic rings. The third-order valence-electron chi connectivity index (χ3n) is 4.67. The molecule has 7 heteroatoms. The van der Waals surface area contributed by atoms with E-state index in [0.29, 0.717) is 18.5 Å². The molecule has 1 aromatic carbocycles. The van der Waals surface area contributed by atoms with Crippen LogP contribution in [0.3, 0.4) is 0 Å². The van der Waals surface area contributed by atoms with Crippen LogP contribution in [0, 0.1) is 11.8 Å². The van der Waals surface area contributed by atoms with Crippen molar-refractivity contribution in [3.05, 3.63) is 42.5 Å². The monoisotopic (exact) mass is 356 g/mol. The Morgan fingerprint density at radius 3 is 2.27 bits per heavy atom. The number of benzene rings is 1. The topological polar surface area (TPSA) is 92.8 Å². The molecule has 1 saturated heterocycles. The van der Waals surface area contributed by atoms with Crippen LogP contribution in [0.1, 0.15) is 19.8 Å². The van der Waals surface area contributed by atoms with Gasteiger partial charge in [-0.1, -0.05) is 30.4 Å². The van der Waals surface area contributed by atoms with Gasteiger partial charge in [0.25, 0.3) is 5.91 Å². The van der Waals surface area contributed by atoms with Crippen LogP contribution in [-0.4, -0.2) is 41.2 Å². The standard InChI is InChI=1S/C19H20N2O5/c1-12(21-17(23)14-9-5-6-10-15(14)18(21)24)19(25)26-11-16(22)20-13-7-3-2-4-8-13/h2-8,12,14-15H,9-11H2,1H3,(H,20,22)/t12-,14+,15+/m0/s1. The van der Waals surface area contributed by atoms with Crippen molar-refractivity contribution >= 4 is 29.4 Å². The van der Waals surface area contributed by atoms with E-state index in [1.807, 2.05) is 18.2 Å². The number of amides is 3. The molecule has 1 heterocycles. The van der Waals surface area contributed by atoms with Gasteiger partial charge in [0, 0.05) is 5.69 Å². The largest absolute Gasteiger partial charge is 0.454 e. The van der Waals surface area contributed by atoms with Crippen LogP contribution in [0.25, 0.3) is 0 Å². The molecule has 1 N–H and O–H groups in total.